The van der Waals surface area contributed by atoms with Crippen LogP contribution in [-0.4, -0.2) is 48.0 Å². The fourth-order valence-corrected chi connectivity index (χ4v) is 6.54. The van der Waals surface area contributed by atoms with Gasteiger partial charge in [0.15, 0.2) is 0 Å². The maximum atomic E-state index is 12.8. The molecule has 4 bridgehead atoms. The molecular weight excluding hydrogens is 370 g/mol. The van der Waals surface area contributed by atoms with Crippen LogP contribution in [0.1, 0.15) is 71.1 Å². The van der Waals surface area contributed by atoms with Gasteiger partial charge >= 0.3 is 6.09 Å². The maximum Gasteiger partial charge on any atom is 0.410 e. The van der Waals surface area contributed by atoms with Crippen LogP contribution >= 0.6 is 0 Å². The quantitative estimate of drug-likeness (QED) is 0.636. The van der Waals surface area contributed by atoms with E-state index in [9.17, 15) is 14.4 Å². The smallest absolute Gasteiger partial charge is 0.410 e. The Balaban J connectivity index is 1.28. The molecule has 0 aromatic heterocycles. The predicted octanol–water partition coefficient (Wildman–Crippen LogP) is 2.57. The Morgan fingerprint density at radius 1 is 1.14 bits per heavy atom. The number of unbranched alkanes of at least 4 members (excludes halogenated alkanes) is 2. The number of nitrogens with zero attached hydrogens (tertiary/aromatic N) is 1. The van der Waals surface area contributed by atoms with Crippen molar-refractivity contribution >= 4 is 17.9 Å². The van der Waals surface area contributed by atoms with Crippen molar-refractivity contribution in [3.63, 3.8) is 0 Å². The number of nitrogens with one attached hydrogen (secondary N) is 1. The van der Waals surface area contributed by atoms with E-state index in [0.29, 0.717) is 25.4 Å². The molecule has 162 valence electrons. The first-order valence-electron chi connectivity index (χ1n) is 11.4. The summed E-state index contributed by atoms with van der Waals surface area (Å²) in [6, 6.07) is 0.0216. The predicted molar refractivity (Wildman–Crippen MR) is 108 cm³/mol. The molecule has 1 heterocycles. The zero-order chi connectivity index (χ0) is 20.6. The number of ether oxygens (including phenoxy) is 1. The van der Waals surface area contributed by atoms with Gasteiger partial charge < -0.3 is 20.7 Å². The first kappa shape index (κ1) is 20.5. The third-order valence-electron chi connectivity index (χ3n) is 7.77. The topological polar surface area (TPSA) is 102 Å². The largest absolute Gasteiger partial charge is 0.446 e. The van der Waals surface area contributed by atoms with Crippen LogP contribution in [0.5, 0.6) is 0 Å². The van der Waals surface area contributed by atoms with Crippen molar-refractivity contribution in [3.8, 4) is 0 Å². The molecular formula is C22H35N3O4. The zero-order valence-corrected chi connectivity index (χ0v) is 17.5. The number of rotatable bonds is 7. The molecule has 4 saturated carbocycles. The van der Waals surface area contributed by atoms with E-state index in [4.69, 9.17) is 10.5 Å². The molecule has 0 spiro atoms. The average molecular weight is 406 g/mol. The van der Waals surface area contributed by atoms with Crippen LogP contribution in [0.4, 0.5) is 4.79 Å². The van der Waals surface area contributed by atoms with Gasteiger partial charge in [-0.25, -0.2) is 4.79 Å². The SMILES string of the molecule is CCCCCC(=O)N[C@@H]1CCN(C(=O)OC2C3CC4CC2CC(C(N)=O)(C4)C3)C1. The normalized spacial score (nSPS) is 37.6. The molecule has 2 unspecified atom stereocenters. The third-order valence-corrected chi connectivity index (χ3v) is 7.77. The molecule has 7 nitrogen and oxygen atoms in total. The van der Waals surface area contributed by atoms with E-state index < -0.39 is 0 Å². The fraction of sp³-hybridized carbons (Fsp3) is 0.864. The van der Waals surface area contributed by atoms with Gasteiger partial charge in [0, 0.05) is 25.6 Å². The minimum absolute atomic E-state index is 0.0216. The van der Waals surface area contributed by atoms with Crippen LogP contribution in [0, 0.1) is 23.2 Å². The van der Waals surface area contributed by atoms with E-state index in [1.807, 2.05) is 0 Å². The van der Waals surface area contributed by atoms with Crippen molar-refractivity contribution in [2.75, 3.05) is 13.1 Å². The van der Waals surface area contributed by atoms with Gasteiger partial charge in [-0.05, 0) is 62.7 Å². The van der Waals surface area contributed by atoms with Gasteiger partial charge in [-0.15, -0.1) is 0 Å². The maximum absolute atomic E-state index is 12.8. The van der Waals surface area contributed by atoms with Crippen molar-refractivity contribution < 1.29 is 19.1 Å². The molecule has 3 N–H and O–H groups in total. The summed E-state index contributed by atoms with van der Waals surface area (Å²) in [6.07, 6.45) is 8.60. The Hall–Kier alpha value is -1.79. The van der Waals surface area contributed by atoms with Gasteiger partial charge in [-0.3, -0.25) is 9.59 Å². The van der Waals surface area contributed by atoms with Crippen LogP contribution < -0.4 is 11.1 Å². The van der Waals surface area contributed by atoms with E-state index >= 15 is 0 Å². The number of primary amides is 1. The van der Waals surface area contributed by atoms with Crippen LogP contribution in [0.2, 0.25) is 0 Å². The molecule has 7 heteroatoms. The number of hydrogen-bond acceptors (Lipinski definition) is 4. The molecule has 5 fully saturated rings. The number of amides is 3. The zero-order valence-electron chi connectivity index (χ0n) is 17.5. The fourth-order valence-electron chi connectivity index (χ4n) is 6.54. The average Bonchev–Trinajstić information content (AvgIpc) is 3.12. The number of hydrogen-bond donors (Lipinski definition) is 2. The van der Waals surface area contributed by atoms with E-state index in [0.717, 1.165) is 57.8 Å². The summed E-state index contributed by atoms with van der Waals surface area (Å²) >= 11 is 0. The molecule has 3 amide bonds. The molecule has 3 atom stereocenters. The lowest BCUT2D eigenvalue weighted by Crippen LogP contribution is -2.59. The van der Waals surface area contributed by atoms with Crippen LogP contribution in [0.3, 0.4) is 0 Å². The van der Waals surface area contributed by atoms with Gasteiger partial charge in [0.2, 0.25) is 11.8 Å². The van der Waals surface area contributed by atoms with Crippen molar-refractivity contribution in [3.05, 3.63) is 0 Å². The summed E-state index contributed by atoms with van der Waals surface area (Å²) in [5, 5.41) is 3.06. The van der Waals surface area contributed by atoms with Gasteiger partial charge in [0.25, 0.3) is 0 Å². The minimum Gasteiger partial charge on any atom is -0.446 e. The lowest BCUT2D eigenvalue weighted by molar-refractivity contribution is -0.161. The van der Waals surface area contributed by atoms with E-state index in [-0.39, 0.29) is 47.3 Å². The third kappa shape index (κ3) is 4.10. The lowest BCUT2D eigenvalue weighted by Gasteiger charge is -2.58. The second kappa shape index (κ2) is 8.15. The summed E-state index contributed by atoms with van der Waals surface area (Å²) in [6.45, 7) is 3.26. The number of carbonyl (C=O) groups is 3. The Morgan fingerprint density at radius 2 is 1.86 bits per heavy atom. The first-order chi connectivity index (χ1) is 13.9. The van der Waals surface area contributed by atoms with Crippen LogP contribution in [0.25, 0.3) is 0 Å². The first-order valence-corrected chi connectivity index (χ1v) is 11.4. The van der Waals surface area contributed by atoms with Crippen LogP contribution in [-0.2, 0) is 14.3 Å². The molecule has 0 aromatic rings. The Bertz CT molecular complexity index is 650. The summed E-state index contributed by atoms with van der Waals surface area (Å²) < 4.78 is 5.99. The number of likely N-dealkylation sites (tertiary alicyclic amines) is 1. The van der Waals surface area contributed by atoms with Crippen molar-refractivity contribution in [2.24, 2.45) is 28.9 Å². The lowest BCUT2D eigenvalue weighted by atomic mass is 9.48. The second-order valence-electron chi connectivity index (χ2n) is 9.92. The molecule has 1 aliphatic heterocycles. The van der Waals surface area contributed by atoms with Gasteiger partial charge in [0.1, 0.15) is 6.10 Å². The Labute approximate surface area is 173 Å². The van der Waals surface area contributed by atoms with Gasteiger partial charge in [-0.1, -0.05) is 19.8 Å². The highest BCUT2D eigenvalue weighted by molar-refractivity contribution is 5.81. The van der Waals surface area contributed by atoms with Crippen molar-refractivity contribution in [1.29, 1.82) is 0 Å². The molecule has 29 heavy (non-hydrogen) atoms. The molecule has 1 saturated heterocycles. The van der Waals surface area contributed by atoms with E-state index in [2.05, 4.69) is 12.2 Å². The Kier molecular flexibility index (Phi) is 5.76. The second-order valence-corrected chi connectivity index (χ2v) is 9.92. The van der Waals surface area contributed by atoms with Gasteiger partial charge in [-0.2, -0.15) is 0 Å². The molecule has 4 aliphatic carbocycles. The van der Waals surface area contributed by atoms with E-state index in [1.165, 1.54) is 0 Å². The highest BCUT2D eigenvalue weighted by Crippen LogP contribution is 2.60. The molecule has 5 aliphatic rings. The summed E-state index contributed by atoms with van der Waals surface area (Å²) in [5.41, 5.74) is 5.38. The van der Waals surface area contributed by atoms with Crippen molar-refractivity contribution in [2.45, 2.75) is 83.3 Å². The number of nitrogens with two attached hydrogens (primary N) is 1. The standard InChI is InChI=1S/C22H35N3O4/c1-2-3-4-5-18(26)24-17-6-7-25(13-17)21(28)29-19-15-8-14-9-16(19)12-22(10-14,11-15)20(23)27/h14-17,19H,2-13H2,1H3,(H2,23,27)(H,24,26)/t14?,15?,16?,17-,19?,22?/m1/s1. The molecule has 0 radical (unpaired) electrons. The monoisotopic (exact) mass is 405 g/mol. The van der Waals surface area contributed by atoms with Crippen molar-refractivity contribution in [1.82, 2.24) is 10.2 Å². The summed E-state index contributed by atoms with van der Waals surface area (Å²) in [7, 11) is 0. The summed E-state index contributed by atoms with van der Waals surface area (Å²) in [5.74, 6) is 0.980. The molecule has 5 rings (SSSR count). The highest BCUT2D eigenvalue weighted by atomic mass is 16.6. The molecule has 0 aromatic carbocycles. The summed E-state index contributed by atoms with van der Waals surface area (Å²) in [4.78, 5) is 38.6. The highest BCUT2D eigenvalue weighted by Gasteiger charge is 2.59. The van der Waals surface area contributed by atoms with Gasteiger partial charge in [0.05, 0.1) is 5.41 Å². The number of carbonyl (C=O) groups excluding carboxylic acids is 3. The van der Waals surface area contributed by atoms with Crippen LogP contribution in [0.15, 0.2) is 0 Å². The minimum atomic E-state index is -0.361. The Morgan fingerprint density at radius 3 is 2.52 bits per heavy atom. The van der Waals surface area contributed by atoms with E-state index in [1.54, 1.807) is 4.90 Å².